The maximum absolute atomic E-state index is 10.9. The normalized spacial score (nSPS) is 14.2. The second-order valence-corrected chi connectivity index (χ2v) is 5.10. The summed E-state index contributed by atoms with van der Waals surface area (Å²) in [6, 6.07) is 9.31. The zero-order valence-corrected chi connectivity index (χ0v) is 11.7. The highest BCUT2D eigenvalue weighted by Crippen LogP contribution is 2.36. The number of hydrogen-bond acceptors (Lipinski definition) is 3. The third kappa shape index (κ3) is 2.26. The Morgan fingerprint density at radius 3 is 2.78 bits per heavy atom. The van der Waals surface area contributed by atoms with Gasteiger partial charge in [-0.1, -0.05) is 35.0 Å². The lowest BCUT2D eigenvalue weighted by atomic mass is 9.84. The van der Waals surface area contributed by atoms with Crippen LogP contribution in [0.2, 0.25) is 0 Å². The molecule has 1 atom stereocenters. The molecule has 0 aliphatic carbocycles. The lowest BCUT2D eigenvalue weighted by molar-refractivity contribution is 0.0769. The second-order valence-electron chi connectivity index (χ2n) is 4.19. The van der Waals surface area contributed by atoms with Gasteiger partial charge in [-0.2, -0.15) is 0 Å². The number of nitrogens with two attached hydrogens (primary N) is 1. The van der Waals surface area contributed by atoms with Crippen molar-refractivity contribution in [1.82, 2.24) is 4.98 Å². The first-order valence-corrected chi connectivity index (χ1v) is 6.55. The van der Waals surface area contributed by atoms with Gasteiger partial charge in [-0.3, -0.25) is 4.98 Å². The summed E-state index contributed by atoms with van der Waals surface area (Å²) in [7, 11) is 0. The minimum atomic E-state index is -1.11. The second kappa shape index (κ2) is 5.08. The highest BCUT2D eigenvalue weighted by molar-refractivity contribution is 9.10. The van der Waals surface area contributed by atoms with E-state index in [1.165, 1.54) is 0 Å². The molecule has 18 heavy (non-hydrogen) atoms. The lowest BCUT2D eigenvalue weighted by Crippen LogP contribution is -2.27. The van der Waals surface area contributed by atoms with Crippen LogP contribution in [0.5, 0.6) is 0 Å². The number of anilines is 1. The number of halogens is 1. The smallest absolute Gasteiger partial charge is 0.118 e. The molecule has 1 aromatic heterocycles. The summed E-state index contributed by atoms with van der Waals surface area (Å²) in [5.41, 5.74) is 6.84. The van der Waals surface area contributed by atoms with Crippen molar-refractivity contribution in [2.45, 2.75) is 18.9 Å². The van der Waals surface area contributed by atoms with Gasteiger partial charge in [-0.25, -0.2) is 0 Å². The summed E-state index contributed by atoms with van der Waals surface area (Å²) in [6.07, 6.45) is 3.77. The Labute approximate surface area is 115 Å². The van der Waals surface area contributed by atoms with Crippen LogP contribution in [0.3, 0.4) is 0 Å². The first-order chi connectivity index (χ1) is 8.58. The van der Waals surface area contributed by atoms with Gasteiger partial charge in [0.25, 0.3) is 0 Å². The number of nitrogens with zero attached hydrogens (tertiary/aromatic N) is 1. The molecule has 0 spiro atoms. The van der Waals surface area contributed by atoms with E-state index in [0.29, 0.717) is 17.7 Å². The summed E-state index contributed by atoms with van der Waals surface area (Å²) in [5, 5.41) is 10.9. The molecule has 1 aromatic carbocycles. The Kier molecular flexibility index (Phi) is 3.68. The molecule has 3 N–H and O–H groups in total. The summed E-state index contributed by atoms with van der Waals surface area (Å²) in [6.45, 7) is 1.92. The average Bonchev–Trinajstić information content (AvgIpc) is 2.38. The molecule has 1 unspecified atom stereocenters. The maximum atomic E-state index is 10.9. The number of benzene rings is 1. The van der Waals surface area contributed by atoms with Gasteiger partial charge in [0.05, 0.1) is 0 Å². The van der Waals surface area contributed by atoms with Gasteiger partial charge in [0.2, 0.25) is 0 Å². The summed E-state index contributed by atoms with van der Waals surface area (Å²) in [4.78, 5) is 4.06. The van der Waals surface area contributed by atoms with Gasteiger partial charge in [-0.15, -0.1) is 0 Å². The molecule has 0 saturated carbocycles. The number of rotatable bonds is 3. The first-order valence-electron chi connectivity index (χ1n) is 5.76. The van der Waals surface area contributed by atoms with Crippen LogP contribution >= 0.6 is 15.9 Å². The van der Waals surface area contributed by atoms with Crippen molar-refractivity contribution in [2.24, 2.45) is 0 Å². The number of aromatic nitrogens is 1. The van der Waals surface area contributed by atoms with Crippen LogP contribution in [0.25, 0.3) is 0 Å². The van der Waals surface area contributed by atoms with Crippen LogP contribution < -0.4 is 5.73 Å². The van der Waals surface area contributed by atoms with Crippen LogP contribution in [0.4, 0.5) is 5.69 Å². The number of pyridine rings is 1. The van der Waals surface area contributed by atoms with Gasteiger partial charge in [0, 0.05) is 28.1 Å². The van der Waals surface area contributed by atoms with Crippen molar-refractivity contribution < 1.29 is 5.11 Å². The molecule has 0 saturated heterocycles. The van der Waals surface area contributed by atoms with Crippen molar-refractivity contribution in [3.8, 4) is 0 Å². The van der Waals surface area contributed by atoms with E-state index in [9.17, 15) is 5.11 Å². The van der Waals surface area contributed by atoms with Gasteiger partial charge in [-0.05, 0) is 30.2 Å². The highest BCUT2D eigenvalue weighted by atomic mass is 79.9. The number of hydrogen-bond donors (Lipinski definition) is 2. The standard InChI is InChI=1S/C14H15BrN2O/c1-2-14(18,10-4-3-5-11(15)8-10)12-9-17-7-6-13(12)16/h3-9,18H,2H2,1H3,(H2,16,17). The fourth-order valence-electron chi connectivity index (χ4n) is 2.05. The van der Waals surface area contributed by atoms with Crippen LogP contribution in [-0.2, 0) is 5.60 Å². The van der Waals surface area contributed by atoms with E-state index in [1.54, 1.807) is 18.5 Å². The first kappa shape index (κ1) is 13.1. The molecule has 3 nitrogen and oxygen atoms in total. The molecule has 1 heterocycles. The predicted octanol–water partition coefficient (Wildman–Crippen LogP) is 3.07. The zero-order valence-electron chi connectivity index (χ0n) is 10.1. The quantitative estimate of drug-likeness (QED) is 0.916. The van der Waals surface area contributed by atoms with Crippen molar-refractivity contribution >= 4 is 21.6 Å². The maximum Gasteiger partial charge on any atom is 0.118 e. The minimum Gasteiger partial charge on any atom is -0.398 e. The fraction of sp³-hybridized carbons (Fsp3) is 0.214. The van der Waals surface area contributed by atoms with E-state index in [1.807, 2.05) is 31.2 Å². The van der Waals surface area contributed by atoms with E-state index < -0.39 is 5.60 Å². The van der Waals surface area contributed by atoms with E-state index in [0.717, 1.165) is 10.0 Å². The zero-order chi connectivity index (χ0) is 13.2. The Balaban J connectivity index is 2.59. The molecular weight excluding hydrogens is 292 g/mol. The Bertz CT molecular complexity index is 559. The van der Waals surface area contributed by atoms with Crippen molar-refractivity contribution in [3.05, 3.63) is 58.3 Å². The predicted molar refractivity (Wildman–Crippen MR) is 76.1 cm³/mol. The average molecular weight is 307 g/mol. The highest BCUT2D eigenvalue weighted by Gasteiger charge is 2.31. The SMILES string of the molecule is CCC(O)(c1cccc(Br)c1)c1cnccc1N. The van der Waals surface area contributed by atoms with E-state index in [2.05, 4.69) is 20.9 Å². The molecule has 4 heteroatoms. The van der Waals surface area contributed by atoms with Gasteiger partial charge < -0.3 is 10.8 Å². The van der Waals surface area contributed by atoms with Crippen LogP contribution in [0, 0.1) is 0 Å². The lowest BCUT2D eigenvalue weighted by Gasteiger charge is -2.29. The number of nitrogen functional groups attached to an aromatic ring is 1. The van der Waals surface area contributed by atoms with E-state index >= 15 is 0 Å². The Morgan fingerprint density at radius 1 is 1.39 bits per heavy atom. The van der Waals surface area contributed by atoms with Crippen LogP contribution in [0.15, 0.2) is 47.2 Å². The molecule has 0 radical (unpaired) electrons. The molecule has 0 aliphatic rings. The van der Waals surface area contributed by atoms with Crippen molar-refractivity contribution in [2.75, 3.05) is 5.73 Å². The Morgan fingerprint density at radius 2 is 2.17 bits per heavy atom. The third-order valence-corrected chi connectivity index (χ3v) is 3.61. The minimum absolute atomic E-state index is 0.527. The number of aliphatic hydroxyl groups is 1. The molecule has 2 aromatic rings. The fourth-order valence-corrected chi connectivity index (χ4v) is 2.45. The van der Waals surface area contributed by atoms with E-state index in [4.69, 9.17) is 5.73 Å². The molecule has 2 rings (SSSR count). The van der Waals surface area contributed by atoms with Gasteiger partial charge in [0.1, 0.15) is 5.60 Å². The molecule has 0 fully saturated rings. The van der Waals surface area contributed by atoms with Crippen molar-refractivity contribution in [3.63, 3.8) is 0 Å². The Hall–Kier alpha value is -1.39. The molecule has 94 valence electrons. The van der Waals surface area contributed by atoms with Crippen molar-refractivity contribution in [1.29, 1.82) is 0 Å². The molecule has 0 aliphatic heterocycles. The van der Waals surface area contributed by atoms with Crippen LogP contribution in [0.1, 0.15) is 24.5 Å². The third-order valence-electron chi connectivity index (χ3n) is 3.11. The molecule has 0 amide bonds. The van der Waals surface area contributed by atoms with Crippen LogP contribution in [-0.4, -0.2) is 10.1 Å². The van der Waals surface area contributed by atoms with Gasteiger partial charge in [0.15, 0.2) is 0 Å². The monoisotopic (exact) mass is 306 g/mol. The summed E-state index contributed by atoms with van der Waals surface area (Å²) >= 11 is 3.42. The molecular formula is C14H15BrN2O. The van der Waals surface area contributed by atoms with E-state index in [-0.39, 0.29) is 0 Å². The summed E-state index contributed by atoms with van der Waals surface area (Å²) < 4.78 is 0.925. The largest absolute Gasteiger partial charge is 0.398 e. The topological polar surface area (TPSA) is 59.1 Å². The van der Waals surface area contributed by atoms with Gasteiger partial charge >= 0.3 is 0 Å². The molecule has 0 bridgehead atoms. The summed E-state index contributed by atoms with van der Waals surface area (Å²) in [5.74, 6) is 0.